The molecule has 0 unspecified atom stereocenters. The van der Waals surface area contributed by atoms with Gasteiger partial charge in [0.1, 0.15) is 11.6 Å². The molecule has 1 heterocycles. The second-order valence-corrected chi connectivity index (χ2v) is 6.00. The molecule has 21 heavy (non-hydrogen) atoms. The monoisotopic (exact) mass is 281 g/mol. The Morgan fingerprint density at radius 2 is 1.90 bits per heavy atom. The summed E-state index contributed by atoms with van der Waals surface area (Å²) in [5, 5.41) is 3.40. The van der Waals surface area contributed by atoms with Crippen molar-refractivity contribution in [1.29, 1.82) is 0 Å². The molecule has 3 rings (SSSR count). The van der Waals surface area contributed by atoms with Crippen LogP contribution in [-0.4, -0.2) is 16.5 Å². The van der Waals surface area contributed by atoms with Crippen LogP contribution >= 0.6 is 0 Å². The Kier molecular flexibility index (Phi) is 3.91. The van der Waals surface area contributed by atoms with Gasteiger partial charge in [-0.25, -0.2) is 9.97 Å². The number of nitrogens with zero attached hydrogens (tertiary/aromatic N) is 2. The number of hydrogen-bond donors (Lipinski definition) is 1. The Morgan fingerprint density at radius 1 is 1.10 bits per heavy atom. The molecule has 1 aliphatic carbocycles. The van der Waals surface area contributed by atoms with E-state index in [-0.39, 0.29) is 0 Å². The molecule has 110 valence electrons. The molecular weight excluding hydrogens is 258 g/mol. The van der Waals surface area contributed by atoms with Crippen molar-refractivity contribution in [3.8, 4) is 11.3 Å². The van der Waals surface area contributed by atoms with Crippen molar-refractivity contribution in [2.24, 2.45) is 0 Å². The lowest BCUT2D eigenvalue weighted by Crippen LogP contribution is -2.05. The van der Waals surface area contributed by atoms with Gasteiger partial charge in [-0.1, -0.05) is 19.1 Å². The van der Waals surface area contributed by atoms with Crippen LogP contribution in [0.15, 0.2) is 24.3 Å². The summed E-state index contributed by atoms with van der Waals surface area (Å²) in [5.74, 6) is 2.53. The second-order valence-electron chi connectivity index (χ2n) is 6.00. The van der Waals surface area contributed by atoms with Crippen LogP contribution in [-0.2, 0) is 0 Å². The standard InChI is InChI=1S/C18H23N3/c1-4-9-19-17-11-16(20-18(21-17)14-7-8-14)15-6-5-12(2)13(3)10-15/h5-6,10-11,14H,4,7-9H2,1-3H3,(H,19,20,21). The van der Waals surface area contributed by atoms with Crippen molar-refractivity contribution in [3.63, 3.8) is 0 Å². The molecule has 3 nitrogen and oxygen atoms in total. The minimum absolute atomic E-state index is 0.568. The average Bonchev–Trinajstić information content (AvgIpc) is 3.32. The number of benzene rings is 1. The van der Waals surface area contributed by atoms with Gasteiger partial charge in [-0.2, -0.15) is 0 Å². The third-order valence-corrected chi connectivity index (χ3v) is 4.04. The molecule has 1 fully saturated rings. The fourth-order valence-electron chi connectivity index (χ4n) is 2.38. The van der Waals surface area contributed by atoms with E-state index < -0.39 is 0 Å². The van der Waals surface area contributed by atoms with Crippen molar-refractivity contribution in [3.05, 3.63) is 41.2 Å². The van der Waals surface area contributed by atoms with Crippen LogP contribution in [0.3, 0.4) is 0 Å². The predicted octanol–water partition coefficient (Wildman–Crippen LogP) is 4.46. The molecular formula is C18H23N3. The lowest BCUT2D eigenvalue weighted by Gasteiger charge is -2.10. The smallest absolute Gasteiger partial charge is 0.134 e. The van der Waals surface area contributed by atoms with Crippen LogP contribution in [0.4, 0.5) is 5.82 Å². The Morgan fingerprint density at radius 3 is 2.57 bits per heavy atom. The topological polar surface area (TPSA) is 37.8 Å². The minimum Gasteiger partial charge on any atom is -0.370 e. The predicted molar refractivity (Wildman–Crippen MR) is 87.7 cm³/mol. The molecule has 0 aliphatic heterocycles. The first-order valence-corrected chi connectivity index (χ1v) is 7.88. The molecule has 1 aliphatic rings. The van der Waals surface area contributed by atoms with E-state index in [1.807, 2.05) is 0 Å². The third kappa shape index (κ3) is 3.23. The maximum Gasteiger partial charge on any atom is 0.134 e. The quantitative estimate of drug-likeness (QED) is 0.879. The van der Waals surface area contributed by atoms with Crippen molar-refractivity contribution in [2.75, 3.05) is 11.9 Å². The van der Waals surface area contributed by atoms with Crippen LogP contribution in [0.25, 0.3) is 11.3 Å². The summed E-state index contributed by atoms with van der Waals surface area (Å²) in [4.78, 5) is 9.47. The van der Waals surface area contributed by atoms with Crippen LogP contribution in [0.5, 0.6) is 0 Å². The highest BCUT2D eigenvalue weighted by Gasteiger charge is 2.27. The minimum atomic E-state index is 0.568. The summed E-state index contributed by atoms with van der Waals surface area (Å²) in [6, 6.07) is 8.62. The van der Waals surface area contributed by atoms with Crippen LogP contribution in [0.2, 0.25) is 0 Å². The van der Waals surface area contributed by atoms with Crippen LogP contribution in [0.1, 0.15) is 49.1 Å². The third-order valence-electron chi connectivity index (χ3n) is 4.04. The first-order valence-electron chi connectivity index (χ1n) is 7.88. The number of anilines is 1. The SMILES string of the molecule is CCCNc1cc(-c2ccc(C)c(C)c2)nc(C2CC2)n1. The first-order chi connectivity index (χ1) is 10.2. The molecule has 0 spiro atoms. The molecule has 1 saturated carbocycles. The van der Waals surface area contributed by atoms with E-state index in [1.165, 1.54) is 29.5 Å². The zero-order chi connectivity index (χ0) is 14.8. The number of aryl methyl sites for hydroxylation is 2. The van der Waals surface area contributed by atoms with Crippen molar-refractivity contribution in [1.82, 2.24) is 9.97 Å². The molecule has 2 aromatic rings. The van der Waals surface area contributed by atoms with Gasteiger partial charge in [-0.3, -0.25) is 0 Å². The van der Waals surface area contributed by atoms with E-state index >= 15 is 0 Å². The highest BCUT2D eigenvalue weighted by Crippen LogP contribution is 2.39. The Balaban J connectivity index is 1.99. The fraction of sp³-hybridized carbons (Fsp3) is 0.444. The van der Waals surface area contributed by atoms with Crippen molar-refractivity contribution >= 4 is 5.82 Å². The molecule has 0 atom stereocenters. The van der Waals surface area contributed by atoms with Gasteiger partial charge in [0, 0.05) is 24.1 Å². The van der Waals surface area contributed by atoms with Gasteiger partial charge in [0.2, 0.25) is 0 Å². The van der Waals surface area contributed by atoms with E-state index in [1.54, 1.807) is 0 Å². The first kappa shape index (κ1) is 14.1. The van der Waals surface area contributed by atoms with E-state index in [9.17, 15) is 0 Å². The highest BCUT2D eigenvalue weighted by molar-refractivity contribution is 5.64. The van der Waals surface area contributed by atoms with E-state index in [4.69, 9.17) is 4.98 Å². The Labute approximate surface area is 126 Å². The van der Waals surface area contributed by atoms with Crippen LogP contribution < -0.4 is 5.32 Å². The van der Waals surface area contributed by atoms with Crippen LogP contribution in [0, 0.1) is 13.8 Å². The maximum absolute atomic E-state index is 4.79. The summed E-state index contributed by atoms with van der Waals surface area (Å²) < 4.78 is 0. The Hall–Kier alpha value is -1.90. The van der Waals surface area contributed by atoms with Crippen molar-refractivity contribution < 1.29 is 0 Å². The Bertz CT molecular complexity index is 645. The van der Waals surface area contributed by atoms with Gasteiger partial charge in [0.25, 0.3) is 0 Å². The summed E-state index contributed by atoms with van der Waals surface area (Å²) in [7, 11) is 0. The maximum atomic E-state index is 4.79. The molecule has 0 amide bonds. The zero-order valence-electron chi connectivity index (χ0n) is 13.1. The van der Waals surface area contributed by atoms with Gasteiger partial charge in [-0.05, 0) is 50.3 Å². The number of rotatable bonds is 5. The molecule has 1 N–H and O–H groups in total. The molecule has 1 aromatic carbocycles. The lowest BCUT2D eigenvalue weighted by atomic mass is 10.0. The summed E-state index contributed by atoms with van der Waals surface area (Å²) >= 11 is 0. The largest absolute Gasteiger partial charge is 0.370 e. The normalized spacial score (nSPS) is 14.2. The molecule has 3 heteroatoms. The number of aromatic nitrogens is 2. The summed E-state index contributed by atoms with van der Waals surface area (Å²) in [6.45, 7) is 7.41. The van der Waals surface area contributed by atoms with E-state index in [2.05, 4.69) is 55.3 Å². The molecule has 0 bridgehead atoms. The van der Waals surface area contributed by atoms with Gasteiger partial charge < -0.3 is 5.32 Å². The summed E-state index contributed by atoms with van der Waals surface area (Å²) in [5.41, 5.74) is 4.84. The van der Waals surface area contributed by atoms with Gasteiger partial charge in [-0.15, -0.1) is 0 Å². The fourth-order valence-corrected chi connectivity index (χ4v) is 2.38. The summed E-state index contributed by atoms with van der Waals surface area (Å²) in [6.07, 6.45) is 3.55. The number of hydrogen-bond acceptors (Lipinski definition) is 3. The lowest BCUT2D eigenvalue weighted by molar-refractivity contribution is 0.911. The van der Waals surface area contributed by atoms with Gasteiger partial charge in [0.05, 0.1) is 5.69 Å². The number of nitrogens with one attached hydrogen (secondary N) is 1. The van der Waals surface area contributed by atoms with E-state index in [0.29, 0.717) is 5.92 Å². The molecule has 1 aromatic heterocycles. The zero-order valence-corrected chi connectivity index (χ0v) is 13.1. The van der Waals surface area contributed by atoms with Crippen molar-refractivity contribution in [2.45, 2.75) is 46.0 Å². The van der Waals surface area contributed by atoms with Gasteiger partial charge in [0.15, 0.2) is 0 Å². The molecule has 0 saturated heterocycles. The highest BCUT2D eigenvalue weighted by atomic mass is 15.0. The van der Waals surface area contributed by atoms with E-state index in [0.717, 1.165) is 30.3 Å². The van der Waals surface area contributed by atoms with Gasteiger partial charge >= 0.3 is 0 Å². The average molecular weight is 281 g/mol. The second kappa shape index (κ2) is 5.84. The molecule has 0 radical (unpaired) electrons.